The van der Waals surface area contributed by atoms with Crippen LogP contribution in [0.15, 0.2) is 72.3 Å². The first-order valence-electron chi connectivity index (χ1n) is 11.0. The molecule has 0 aromatic heterocycles. The SMILES string of the molecule is N#C/C(=C/c1cc(Cl)c(OCc2ccccc2Cl)c(Cl)c1)C(=O)N1CCN(c2ccccc2)CC1. The molecule has 178 valence electrons. The number of anilines is 1. The molecule has 1 aliphatic heterocycles. The molecule has 35 heavy (non-hydrogen) atoms. The van der Waals surface area contributed by atoms with Crippen molar-refractivity contribution >= 4 is 52.5 Å². The molecule has 0 spiro atoms. The van der Waals surface area contributed by atoms with Crippen LogP contribution in [0.4, 0.5) is 5.69 Å². The zero-order valence-electron chi connectivity index (χ0n) is 18.8. The van der Waals surface area contributed by atoms with E-state index in [1.165, 1.54) is 6.08 Å². The van der Waals surface area contributed by atoms with Crippen LogP contribution < -0.4 is 9.64 Å². The van der Waals surface area contributed by atoms with Crippen LogP contribution in [0.2, 0.25) is 15.1 Å². The van der Waals surface area contributed by atoms with Crippen molar-refractivity contribution in [1.82, 2.24) is 4.90 Å². The second-order valence-electron chi connectivity index (χ2n) is 7.98. The Morgan fingerprint density at radius 2 is 1.54 bits per heavy atom. The number of benzene rings is 3. The summed E-state index contributed by atoms with van der Waals surface area (Å²) in [5.74, 6) is -0.00114. The number of ether oxygens (including phenoxy) is 1. The third-order valence-corrected chi connectivity index (χ3v) is 6.63. The molecule has 0 bridgehead atoms. The van der Waals surface area contributed by atoms with Gasteiger partial charge in [-0.05, 0) is 42.0 Å². The van der Waals surface area contributed by atoms with Gasteiger partial charge in [0.25, 0.3) is 5.91 Å². The van der Waals surface area contributed by atoms with E-state index in [0.717, 1.165) is 11.3 Å². The molecule has 1 amide bonds. The molecular formula is C27H22Cl3N3O2. The highest BCUT2D eigenvalue weighted by Crippen LogP contribution is 2.36. The van der Waals surface area contributed by atoms with Crippen LogP contribution in [0, 0.1) is 11.3 Å². The summed E-state index contributed by atoms with van der Waals surface area (Å²) < 4.78 is 5.80. The molecule has 0 N–H and O–H groups in total. The fourth-order valence-electron chi connectivity index (χ4n) is 3.85. The van der Waals surface area contributed by atoms with Crippen LogP contribution in [0.25, 0.3) is 6.08 Å². The molecule has 3 aromatic rings. The number of amides is 1. The van der Waals surface area contributed by atoms with Crippen molar-refractivity contribution in [2.24, 2.45) is 0 Å². The second-order valence-corrected chi connectivity index (χ2v) is 9.20. The fourth-order valence-corrected chi connectivity index (χ4v) is 4.65. The van der Waals surface area contributed by atoms with E-state index in [-0.39, 0.29) is 28.1 Å². The van der Waals surface area contributed by atoms with Crippen molar-refractivity contribution in [1.29, 1.82) is 5.26 Å². The number of nitriles is 1. The van der Waals surface area contributed by atoms with E-state index in [1.807, 2.05) is 54.6 Å². The summed E-state index contributed by atoms with van der Waals surface area (Å²) in [5, 5.41) is 10.8. The van der Waals surface area contributed by atoms with Crippen LogP contribution in [0.5, 0.6) is 5.75 Å². The molecule has 3 aromatic carbocycles. The monoisotopic (exact) mass is 525 g/mol. The van der Waals surface area contributed by atoms with E-state index in [2.05, 4.69) is 4.90 Å². The quantitative estimate of drug-likeness (QED) is 0.272. The molecule has 0 atom stereocenters. The largest absolute Gasteiger partial charge is 0.486 e. The minimum atomic E-state index is -0.313. The Bertz CT molecular complexity index is 1260. The molecule has 1 fully saturated rings. The third kappa shape index (κ3) is 6.10. The molecule has 0 unspecified atom stereocenters. The molecule has 0 radical (unpaired) electrons. The van der Waals surface area contributed by atoms with E-state index in [9.17, 15) is 10.1 Å². The molecular weight excluding hydrogens is 505 g/mol. The highest BCUT2D eigenvalue weighted by molar-refractivity contribution is 6.37. The summed E-state index contributed by atoms with van der Waals surface area (Å²) in [4.78, 5) is 16.9. The first-order valence-corrected chi connectivity index (χ1v) is 12.2. The number of hydrogen-bond donors (Lipinski definition) is 0. The lowest BCUT2D eigenvalue weighted by Gasteiger charge is -2.36. The average Bonchev–Trinajstić information content (AvgIpc) is 2.88. The minimum Gasteiger partial charge on any atom is -0.486 e. The first-order chi connectivity index (χ1) is 17.0. The van der Waals surface area contributed by atoms with Gasteiger partial charge in [-0.3, -0.25) is 4.79 Å². The van der Waals surface area contributed by atoms with Gasteiger partial charge in [0, 0.05) is 42.5 Å². The summed E-state index contributed by atoms with van der Waals surface area (Å²) >= 11 is 19.0. The topological polar surface area (TPSA) is 56.6 Å². The van der Waals surface area contributed by atoms with Crippen molar-refractivity contribution in [3.05, 3.63) is 98.5 Å². The number of nitrogens with zero attached hydrogens (tertiary/aromatic N) is 3. The van der Waals surface area contributed by atoms with E-state index >= 15 is 0 Å². The zero-order chi connectivity index (χ0) is 24.8. The number of carbonyl (C=O) groups is 1. The normalized spacial score (nSPS) is 13.9. The summed E-state index contributed by atoms with van der Waals surface area (Å²) in [6.45, 7) is 2.66. The Labute approximate surface area is 219 Å². The lowest BCUT2D eigenvalue weighted by Crippen LogP contribution is -2.49. The third-order valence-electron chi connectivity index (χ3n) is 5.70. The molecule has 0 saturated carbocycles. The molecule has 1 heterocycles. The number of carbonyl (C=O) groups excluding carboxylic acids is 1. The van der Waals surface area contributed by atoms with Crippen molar-refractivity contribution in [2.45, 2.75) is 6.61 Å². The predicted octanol–water partition coefficient (Wildman–Crippen LogP) is 6.48. The van der Waals surface area contributed by atoms with Gasteiger partial charge in [0.1, 0.15) is 18.2 Å². The van der Waals surface area contributed by atoms with E-state index < -0.39 is 0 Å². The van der Waals surface area contributed by atoms with Crippen LogP contribution in [-0.4, -0.2) is 37.0 Å². The smallest absolute Gasteiger partial charge is 0.264 e. The van der Waals surface area contributed by atoms with Gasteiger partial charge in [-0.2, -0.15) is 5.26 Å². The van der Waals surface area contributed by atoms with E-state index in [0.29, 0.717) is 42.5 Å². The molecule has 8 heteroatoms. The Morgan fingerprint density at radius 3 is 2.17 bits per heavy atom. The molecule has 4 rings (SSSR count). The highest BCUT2D eigenvalue weighted by atomic mass is 35.5. The maximum atomic E-state index is 13.0. The van der Waals surface area contributed by atoms with Crippen LogP contribution in [-0.2, 0) is 11.4 Å². The molecule has 1 aliphatic rings. The fraction of sp³-hybridized carbons (Fsp3) is 0.185. The minimum absolute atomic E-state index is 0.0232. The van der Waals surface area contributed by atoms with Gasteiger partial charge in [-0.15, -0.1) is 0 Å². The number of rotatable bonds is 6. The van der Waals surface area contributed by atoms with Gasteiger partial charge in [-0.1, -0.05) is 71.2 Å². The number of piperazine rings is 1. The summed E-state index contributed by atoms with van der Waals surface area (Å²) in [6.07, 6.45) is 1.50. The van der Waals surface area contributed by atoms with E-state index in [4.69, 9.17) is 39.5 Å². The van der Waals surface area contributed by atoms with Crippen LogP contribution >= 0.6 is 34.8 Å². The lowest BCUT2D eigenvalue weighted by atomic mass is 10.1. The lowest BCUT2D eigenvalue weighted by molar-refractivity contribution is -0.126. The number of para-hydroxylation sites is 1. The molecule has 0 aliphatic carbocycles. The van der Waals surface area contributed by atoms with Gasteiger partial charge < -0.3 is 14.5 Å². The Kier molecular flexibility index (Phi) is 8.20. The van der Waals surface area contributed by atoms with Gasteiger partial charge >= 0.3 is 0 Å². The van der Waals surface area contributed by atoms with Crippen molar-refractivity contribution in [3.8, 4) is 11.8 Å². The Balaban J connectivity index is 1.44. The molecule has 1 saturated heterocycles. The predicted molar refractivity (Wildman–Crippen MR) is 141 cm³/mol. The van der Waals surface area contributed by atoms with Crippen LogP contribution in [0.3, 0.4) is 0 Å². The maximum Gasteiger partial charge on any atom is 0.264 e. The number of halogens is 3. The van der Waals surface area contributed by atoms with Gasteiger partial charge in [0.2, 0.25) is 0 Å². The average molecular weight is 527 g/mol. The van der Waals surface area contributed by atoms with Crippen LogP contribution in [0.1, 0.15) is 11.1 Å². The van der Waals surface area contributed by atoms with Crippen molar-refractivity contribution in [2.75, 3.05) is 31.1 Å². The first kappa shape index (κ1) is 24.9. The Hall–Kier alpha value is -3.17. The maximum absolute atomic E-state index is 13.0. The summed E-state index contributed by atoms with van der Waals surface area (Å²) in [7, 11) is 0. The van der Waals surface area contributed by atoms with Gasteiger partial charge in [0.15, 0.2) is 5.75 Å². The highest BCUT2D eigenvalue weighted by Gasteiger charge is 2.24. The summed E-state index contributed by atoms with van der Waals surface area (Å²) in [6, 6.07) is 22.6. The Morgan fingerprint density at radius 1 is 0.914 bits per heavy atom. The second kappa shape index (κ2) is 11.5. The molecule has 5 nitrogen and oxygen atoms in total. The van der Waals surface area contributed by atoms with Gasteiger partial charge in [0.05, 0.1) is 10.0 Å². The van der Waals surface area contributed by atoms with Crippen molar-refractivity contribution in [3.63, 3.8) is 0 Å². The number of hydrogen-bond acceptors (Lipinski definition) is 4. The van der Waals surface area contributed by atoms with Crippen molar-refractivity contribution < 1.29 is 9.53 Å². The zero-order valence-corrected chi connectivity index (χ0v) is 21.0. The van der Waals surface area contributed by atoms with Gasteiger partial charge in [-0.25, -0.2) is 0 Å². The standard InChI is InChI=1S/C27H22Cl3N3O2/c28-23-9-5-4-6-20(23)18-35-26-24(29)15-19(16-25(26)30)14-21(17-31)27(34)33-12-10-32(11-13-33)22-7-2-1-3-8-22/h1-9,14-16H,10-13,18H2/b21-14-. The van der Waals surface area contributed by atoms with E-state index in [1.54, 1.807) is 23.1 Å². The summed E-state index contributed by atoms with van der Waals surface area (Å²) in [5.41, 5.74) is 2.49.